The zero-order valence-electron chi connectivity index (χ0n) is 13.3. The summed E-state index contributed by atoms with van der Waals surface area (Å²) in [5, 5.41) is 3.62. The Bertz CT molecular complexity index is 919. The molecule has 0 spiro atoms. The molecular weight excluding hydrogens is 322 g/mol. The van der Waals surface area contributed by atoms with E-state index in [9.17, 15) is 8.42 Å². The van der Waals surface area contributed by atoms with Crippen molar-refractivity contribution >= 4 is 9.84 Å². The molecule has 2 N–H and O–H groups in total. The number of aromatic nitrogens is 2. The Labute approximate surface area is 141 Å². The van der Waals surface area contributed by atoms with Crippen LogP contribution in [-0.4, -0.2) is 24.7 Å². The number of rotatable bonds is 5. The zero-order valence-corrected chi connectivity index (χ0v) is 14.1. The molecular formula is C18H19N3O2S. The second-order valence-corrected chi connectivity index (χ2v) is 7.66. The van der Waals surface area contributed by atoms with Gasteiger partial charge >= 0.3 is 0 Å². The molecule has 3 rings (SSSR count). The van der Waals surface area contributed by atoms with Gasteiger partial charge in [0.1, 0.15) is 5.25 Å². The van der Waals surface area contributed by atoms with E-state index in [1.165, 1.54) is 0 Å². The highest BCUT2D eigenvalue weighted by atomic mass is 32.2. The minimum absolute atomic E-state index is 0.00894. The highest BCUT2D eigenvalue weighted by Crippen LogP contribution is 2.30. The monoisotopic (exact) mass is 341 g/mol. The van der Waals surface area contributed by atoms with E-state index in [-0.39, 0.29) is 11.4 Å². The van der Waals surface area contributed by atoms with Crippen molar-refractivity contribution in [3.8, 4) is 11.3 Å². The predicted molar refractivity (Wildman–Crippen MR) is 94.1 cm³/mol. The molecule has 1 heterocycles. The quantitative estimate of drug-likeness (QED) is 0.773. The van der Waals surface area contributed by atoms with E-state index in [0.717, 1.165) is 11.3 Å². The first-order valence-electron chi connectivity index (χ1n) is 7.62. The number of nitrogens with two attached hydrogens (primary N) is 1. The molecule has 124 valence electrons. The van der Waals surface area contributed by atoms with Gasteiger partial charge in [-0.2, -0.15) is 5.10 Å². The van der Waals surface area contributed by atoms with Gasteiger partial charge < -0.3 is 5.73 Å². The summed E-state index contributed by atoms with van der Waals surface area (Å²) >= 11 is 0. The van der Waals surface area contributed by atoms with Crippen LogP contribution in [0, 0.1) is 0 Å². The summed E-state index contributed by atoms with van der Waals surface area (Å²) in [5.74, 6) is 0. The molecule has 2 aromatic carbocycles. The van der Waals surface area contributed by atoms with E-state index in [0.29, 0.717) is 5.69 Å². The molecule has 1 unspecified atom stereocenters. The average Bonchev–Trinajstić information content (AvgIpc) is 2.98. The summed E-state index contributed by atoms with van der Waals surface area (Å²) in [4.78, 5) is 0.267. The second-order valence-electron chi connectivity index (χ2n) is 5.53. The number of aryl methyl sites for hydroxylation is 1. The van der Waals surface area contributed by atoms with Crippen LogP contribution in [0.4, 0.5) is 0 Å². The Kier molecular flexibility index (Phi) is 4.51. The van der Waals surface area contributed by atoms with Gasteiger partial charge in [-0.15, -0.1) is 0 Å². The number of hydrogen-bond acceptors (Lipinski definition) is 4. The van der Waals surface area contributed by atoms with Crippen LogP contribution >= 0.6 is 0 Å². The third-order valence-electron chi connectivity index (χ3n) is 3.98. The fourth-order valence-electron chi connectivity index (χ4n) is 2.71. The van der Waals surface area contributed by atoms with Gasteiger partial charge in [0, 0.05) is 19.2 Å². The van der Waals surface area contributed by atoms with Crippen molar-refractivity contribution in [2.24, 2.45) is 12.8 Å². The summed E-state index contributed by atoms with van der Waals surface area (Å²) in [7, 11) is -1.84. The SMILES string of the molecule is Cn1nc(-c2ccccc2)cc1C(CN)S(=O)(=O)c1ccccc1. The molecule has 6 heteroatoms. The zero-order chi connectivity index (χ0) is 17.2. The van der Waals surface area contributed by atoms with Crippen LogP contribution in [0.15, 0.2) is 71.6 Å². The Morgan fingerprint density at radius 2 is 1.62 bits per heavy atom. The lowest BCUT2D eigenvalue weighted by Crippen LogP contribution is -2.24. The van der Waals surface area contributed by atoms with E-state index in [1.807, 2.05) is 30.3 Å². The first-order valence-corrected chi connectivity index (χ1v) is 9.17. The van der Waals surface area contributed by atoms with Crippen LogP contribution in [0.3, 0.4) is 0 Å². The topological polar surface area (TPSA) is 78.0 Å². The molecule has 1 aromatic heterocycles. The van der Waals surface area contributed by atoms with Gasteiger partial charge in [0.2, 0.25) is 0 Å². The fourth-order valence-corrected chi connectivity index (χ4v) is 4.37. The van der Waals surface area contributed by atoms with Crippen molar-refractivity contribution in [1.29, 1.82) is 0 Å². The van der Waals surface area contributed by atoms with Gasteiger partial charge in [0.15, 0.2) is 9.84 Å². The molecule has 0 fully saturated rings. The standard InChI is InChI=1S/C18H19N3O2S/c1-21-17(12-16(20-21)14-8-4-2-5-9-14)18(13-19)24(22,23)15-10-6-3-7-11-15/h2-12,18H,13,19H2,1H3. The van der Waals surface area contributed by atoms with E-state index < -0.39 is 15.1 Å². The maximum Gasteiger partial charge on any atom is 0.188 e. The molecule has 0 amide bonds. The number of sulfone groups is 1. The van der Waals surface area contributed by atoms with Crippen molar-refractivity contribution in [2.45, 2.75) is 10.1 Å². The van der Waals surface area contributed by atoms with Crippen LogP contribution in [-0.2, 0) is 16.9 Å². The predicted octanol–water partition coefficient (Wildman–Crippen LogP) is 2.56. The summed E-state index contributed by atoms with van der Waals surface area (Å²) in [6, 6.07) is 19.8. The minimum atomic E-state index is -3.58. The first-order chi connectivity index (χ1) is 11.5. The smallest absolute Gasteiger partial charge is 0.188 e. The van der Waals surface area contributed by atoms with Crippen molar-refractivity contribution in [3.63, 3.8) is 0 Å². The Balaban J connectivity index is 2.05. The van der Waals surface area contributed by atoms with Crippen LogP contribution in [0.25, 0.3) is 11.3 Å². The van der Waals surface area contributed by atoms with Crippen LogP contribution in [0.5, 0.6) is 0 Å². The van der Waals surface area contributed by atoms with Crippen LogP contribution < -0.4 is 5.73 Å². The number of hydrogen-bond donors (Lipinski definition) is 1. The molecule has 0 saturated heterocycles. The Hall–Kier alpha value is -2.44. The second kappa shape index (κ2) is 6.59. The highest BCUT2D eigenvalue weighted by molar-refractivity contribution is 7.91. The van der Waals surface area contributed by atoms with Crippen molar-refractivity contribution in [1.82, 2.24) is 9.78 Å². The van der Waals surface area contributed by atoms with E-state index in [1.54, 1.807) is 48.1 Å². The number of nitrogens with zero attached hydrogens (tertiary/aromatic N) is 2. The lowest BCUT2D eigenvalue weighted by molar-refractivity contribution is 0.574. The first kappa shape index (κ1) is 16.4. The average molecular weight is 341 g/mol. The van der Waals surface area contributed by atoms with E-state index in [2.05, 4.69) is 5.10 Å². The van der Waals surface area contributed by atoms with Gasteiger partial charge in [0.05, 0.1) is 16.3 Å². The molecule has 0 saturated carbocycles. The summed E-state index contributed by atoms with van der Waals surface area (Å²) in [6.07, 6.45) is 0. The van der Waals surface area contributed by atoms with Gasteiger partial charge in [-0.25, -0.2) is 8.42 Å². The minimum Gasteiger partial charge on any atom is -0.329 e. The van der Waals surface area contributed by atoms with Crippen molar-refractivity contribution in [2.75, 3.05) is 6.54 Å². The van der Waals surface area contributed by atoms with Crippen molar-refractivity contribution in [3.05, 3.63) is 72.4 Å². The molecule has 0 bridgehead atoms. The summed E-state index contributed by atoms with van der Waals surface area (Å²) in [6.45, 7) is -0.00894. The van der Waals surface area contributed by atoms with Gasteiger partial charge in [-0.3, -0.25) is 4.68 Å². The molecule has 3 aromatic rings. The molecule has 5 nitrogen and oxygen atoms in total. The molecule has 0 radical (unpaired) electrons. The maximum atomic E-state index is 12.9. The molecule has 24 heavy (non-hydrogen) atoms. The maximum absolute atomic E-state index is 12.9. The third kappa shape index (κ3) is 2.98. The summed E-state index contributed by atoms with van der Waals surface area (Å²) < 4.78 is 27.5. The van der Waals surface area contributed by atoms with E-state index >= 15 is 0 Å². The molecule has 0 aliphatic rings. The normalized spacial score (nSPS) is 12.9. The lowest BCUT2D eigenvalue weighted by Gasteiger charge is -2.16. The Morgan fingerprint density at radius 1 is 1.04 bits per heavy atom. The molecule has 0 aliphatic heterocycles. The molecule has 0 aliphatic carbocycles. The highest BCUT2D eigenvalue weighted by Gasteiger charge is 2.30. The van der Waals surface area contributed by atoms with Gasteiger partial charge in [0.25, 0.3) is 0 Å². The van der Waals surface area contributed by atoms with Gasteiger partial charge in [-0.05, 0) is 18.2 Å². The lowest BCUT2D eigenvalue weighted by atomic mass is 10.1. The van der Waals surface area contributed by atoms with Gasteiger partial charge in [-0.1, -0.05) is 48.5 Å². The van der Waals surface area contributed by atoms with Crippen LogP contribution in [0.1, 0.15) is 10.9 Å². The van der Waals surface area contributed by atoms with E-state index in [4.69, 9.17) is 5.73 Å². The Morgan fingerprint density at radius 3 is 2.21 bits per heavy atom. The molecule has 1 atom stereocenters. The third-order valence-corrected chi connectivity index (χ3v) is 6.09. The van der Waals surface area contributed by atoms with Crippen LogP contribution in [0.2, 0.25) is 0 Å². The largest absolute Gasteiger partial charge is 0.329 e. The fraction of sp³-hybridized carbons (Fsp3) is 0.167. The van der Waals surface area contributed by atoms with Crippen molar-refractivity contribution < 1.29 is 8.42 Å². The number of benzene rings is 2. The summed E-state index contributed by atoms with van der Waals surface area (Å²) in [5.41, 5.74) is 8.08.